The minimum atomic E-state index is 0.811. The van der Waals surface area contributed by atoms with Gasteiger partial charge in [0.1, 0.15) is 6.33 Å². The summed E-state index contributed by atoms with van der Waals surface area (Å²) in [4.78, 5) is 6.64. The zero-order valence-electron chi connectivity index (χ0n) is 10.9. The van der Waals surface area contributed by atoms with Crippen LogP contribution in [0, 0.1) is 5.92 Å². The van der Waals surface area contributed by atoms with E-state index in [9.17, 15) is 0 Å². The van der Waals surface area contributed by atoms with E-state index in [1.807, 2.05) is 7.05 Å². The topological polar surface area (TPSA) is 46.0 Å². The quantitative estimate of drug-likeness (QED) is 0.748. The molecule has 1 aliphatic rings. The molecule has 1 aromatic heterocycles. The van der Waals surface area contributed by atoms with Crippen LogP contribution in [0.4, 0.5) is 0 Å². The zero-order valence-corrected chi connectivity index (χ0v) is 10.9. The van der Waals surface area contributed by atoms with Crippen LogP contribution in [0.3, 0.4) is 0 Å². The van der Waals surface area contributed by atoms with Gasteiger partial charge >= 0.3 is 0 Å². The van der Waals surface area contributed by atoms with E-state index in [1.165, 1.54) is 25.9 Å². The molecule has 0 radical (unpaired) electrons. The molecular formula is C12H23N5. The lowest BCUT2D eigenvalue weighted by molar-refractivity contribution is 0.206. The van der Waals surface area contributed by atoms with Crippen molar-refractivity contribution in [1.29, 1.82) is 0 Å². The van der Waals surface area contributed by atoms with Crippen LogP contribution in [0.25, 0.3) is 0 Å². The molecule has 1 aliphatic heterocycles. The first-order valence-electron chi connectivity index (χ1n) is 6.48. The van der Waals surface area contributed by atoms with Gasteiger partial charge in [-0.05, 0) is 38.9 Å². The number of piperidine rings is 1. The van der Waals surface area contributed by atoms with Crippen LogP contribution in [0.1, 0.15) is 18.7 Å². The van der Waals surface area contributed by atoms with Gasteiger partial charge < -0.3 is 10.2 Å². The molecular weight excluding hydrogens is 214 g/mol. The van der Waals surface area contributed by atoms with Gasteiger partial charge in [0.15, 0.2) is 5.82 Å². The van der Waals surface area contributed by atoms with Crippen molar-refractivity contribution in [2.75, 3.05) is 33.2 Å². The van der Waals surface area contributed by atoms with Gasteiger partial charge in [-0.2, -0.15) is 5.10 Å². The van der Waals surface area contributed by atoms with Crippen LogP contribution in [0.5, 0.6) is 0 Å². The molecule has 0 saturated carbocycles. The Hall–Kier alpha value is -0.940. The van der Waals surface area contributed by atoms with Crippen LogP contribution in [-0.4, -0.2) is 52.9 Å². The van der Waals surface area contributed by atoms with Gasteiger partial charge in [0.25, 0.3) is 0 Å². The van der Waals surface area contributed by atoms with Crippen LogP contribution in [-0.2, 0) is 13.5 Å². The highest BCUT2D eigenvalue weighted by atomic mass is 15.3. The number of aryl methyl sites for hydroxylation is 1. The summed E-state index contributed by atoms with van der Waals surface area (Å²) in [6, 6.07) is 0. The van der Waals surface area contributed by atoms with Crippen molar-refractivity contribution in [2.24, 2.45) is 13.0 Å². The fourth-order valence-electron chi connectivity index (χ4n) is 2.44. The Labute approximate surface area is 103 Å². The molecule has 2 heterocycles. The molecule has 0 amide bonds. The molecule has 17 heavy (non-hydrogen) atoms. The van der Waals surface area contributed by atoms with Gasteiger partial charge in [0, 0.05) is 26.6 Å². The second-order valence-corrected chi connectivity index (χ2v) is 5.06. The van der Waals surface area contributed by atoms with E-state index in [0.717, 1.165) is 31.3 Å². The first-order chi connectivity index (χ1) is 8.24. The molecule has 1 aromatic rings. The van der Waals surface area contributed by atoms with Gasteiger partial charge in [-0.15, -0.1) is 0 Å². The summed E-state index contributed by atoms with van der Waals surface area (Å²) in [5, 5.41) is 7.78. The van der Waals surface area contributed by atoms with Crippen molar-refractivity contribution < 1.29 is 0 Å². The van der Waals surface area contributed by atoms with Crippen LogP contribution in [0.15, 0.2) is 6.33 Å². The number of aromatic nitrogens is 3. The molecule has 1 atom stereocenters. The van der Waals surface area contributed by atoms with E-state index < -0.39 is 0 Å². The Bertz CT molecular complexity index is 335. The molecule has 1 saturated heterocycles. The molecule has 5 heteroatoms. The number of likely N-dealkylation sites (tertiary alicyclic amines) is 1. The fourth-order valence-corrected chi connectivity index (χ4v) is 2.44. The van der Waals surface area contributed by atoms with Crippen molar-refractivity contribution in [3.8, 4) is 0 Å². The summed E-state index contributed by atoms with van der Waals surface area (Å²) in [7, 11) is 4.12. The van der Waals surface area contributed by atoms with Crippen molar-refractivity contribution >= 4 is 0 Å². The average molecular weight is 237 g/mol. The number of nitrogens with zero attached hydrogens (tertiary/aromatic N) is 4. The maximum absolute atomic E-state index is 4.26. The van der Waals surface area contributed by atoms with E-state index in [2.05, 4.69) is 27.3 Å². The zero-order chi connectivity index (χ0) is 12.1. The molecule has 0 spiro atoms. The Kier molecular flexibility index (Phi) is 4.50. The highest BCUT2D eigenvalue weighted by Crippen LogP contribution is 2.13. The van der Waals surface area contributed by atoms with E-state index in [-0.39, 0.29) is 0 Å². The summed E-state index contributed by atoms with van der Waals surface area (Å²) in [5.74, 6) is 1.74. The predicted octanol–water partition coefficient (Wildman–Crippen LogP) is 0.289. The van der Waals surface area contributed by atoms with Gasteiger partial charge in [0.2, 0.25) is 0 Å². The highest BCUT2D eigenvalue weighted by Gasteiger charge is 2.16. The molecule has 1 fully saturated rings. The lowest BCUT2D eigenvalue weighted by atomic mass is 9.98. The maximum Gasteiger partial charge on any atom is 0.151 e. The Morgan fingerprint density at radius 1 is 1.47 bits per heavy atom. The summed E-state index contributed by atoms with van der Waals surface area (Å²) >= 11 is 0. The minimum absolute atomic E-state index is 0.811. The third kappa shape index (κ3) is 4.09. The van der Waals surface area contributed by atoms with Gasteiger partial charge in [-0.1, -0.05) is 0 Å². The molecule has 0 bridgehead atoms. The molecule has 0 aliphatic carbocycles. The third-order valence-electron chi connectivity index (χ3n) is 3.33. The summed E-state index contributed by atoms with van der Waals surface area (Å²) in [5.41, 5.74) is 0. The average Bonchev–Trinajstić information content (AvgIpc) is 2.71. The van der Waals surface area contributed by atoms with E-state index in [1.54, 1.807) is 11.0 Å². The maximum atomic E-state index is 4.26. The first-order valence-corrected chi connectivity index (χ1v) is 6.48. The molecule has 0 aromatic carbocycles. The fraction of sp³-hybridized carbons (Fsp3) is 0.833. The number of rotatable bonds is 5. The van der Waals surface area contributed by atoms with E-state index in [0.29, 0.717) is 0 Å². The van der Waals surface area contributed by atoms with Gasteiger partial charge in [-0.3, -0.25) is 4.68 Å². The number of hydrogen-bond donors (Lipinski definition) is 1. The predicted molar refractivity (Wildman–Crippen MR) is 67.8 cm³/mol. The normalized spacial score (nSPS) is 21.9. The Morgan fingerprint density at radius 3 is 3.06 bits per heavy atom. The van der Waals surface area contributed by atoms with Gasteiger partial charge in [-0.25, -0.2) is 4.98 Å². The van der Waals surface area contributed by atoms with Crippen LogP contribution < -0.4 is 5.32 Å². The van der Waals surface area contributed by atoms with E-state index in [4.69, 9.17) is 0 Å². The van der Waals surface area contributed by atoms with E-state index >= 15 is 0 Å². The van der Waals surface area contributed by atoms with Crippen molar-refractivity contribution in [3.05, 3.63) is 12.2 Å². The Morgan fingerprint density at radius 2 is 2.35 bits per heavy atom. The van der Waals surface area contributed by atoms with Gasteiger partial charge in [0.05, 0.1) is 0 Å². The monoisotopic (exact) mass is 237 g/mol. The summed E-state index contributed by atoms with van der Waals surface area (Å²) in [6.07, 6.45) is 5.37. The van der Waals surface area contributed by atoms with Crippen molar-refractivity contribution in [2.45, 2.75) is 19.3 Å². The summed E-state index contributed by atoms with van der Waals surface area (Å²) < 4.78 is 1.76. The highest BCUT2D eigenvalue weighted by molar-refractivity contribution is 4.82. The van der Waals surface area contributed by atoms with Crippen molar-refractivity contribution in [1.82, 2.24) is 25.0 Å². The van der Waals surface area contributed by atoms with Crippen LogP contribution >= 0.6 is 0 Å². The second kappa shape index (κ2) is 6.12. The Balaban J connectivity index is 1.59. The largest absolute Gasteiger partial charge is 0.316 e. The van der Waals surface area contributed by atoms with Crippen molar-refractivity contribution in [3.63, 3.8) is 0 Å². The molecule has 96 valence electrons. The smallest absolute Gasteiger partial charge is 0.151 e. The van der Waals surface area contributed by atoms with Crippen LogP contribution in [0.2, 0.25) is 0 Å². The number of nitrogens with one attached hydrogen (secondary N) is 1. The molecule has 5 nitrogen and oxygen atoms in total. The molecule has 1 unspecified atom stereocenters. The number of hydrogen-bond acceptors (Lipinski definition) is 4. The standard InChI is InChI=1S/C12H23N5/c1-16-7-3-4-11(9-16)8-13-6-5-12-14-10-17(2)15-12/h10-11,13H,3-9H2,1-2H3. The lowest BCUT2D eigenvalue weighted by Crippen LogP contribution is -2.37. The minimum Gasteiger partial charge on any atom is -0.316 e. The molecule has 2 rings (SSSR count). The first kappa shape index (κ1) is 12.5. The SMILES string of the molecule is CN1CCCC(CNCCc2ncn(C)n2)C1. The second-order valence-electron chi connectivity index (χ2n) is 5.06. The molecule has 1 N–H and O–H groups in total. The lowest BCUT2D eigenvalue weighted by Gasteiger charge is -2.29. The third-order valence-corrected chi connectivity index (χ3v) is 3.33. The summed E-state index contributed by atoms with van der Waals surface area (Å²) in [6.45, 7) is 4.59.